The maximum Gasteiger partial charge on any atom is 0.323 e. The molecule has 1 rings (SSSR count). The van der Waals surface area contributed by atoms with Crippen molar-refractivity contribution in [1.29, 1.82) is 0 Å². The molecule has 0 heterocycles. The Hall–Kier alpha value is -0.610. The maximum atomic E-state index is 11.5. The number of nitrogens with one attached hydrogen (secondary N) is 1. The summed E-state index contributed by atoms with van der Waals surface area (Å²) in [7, 11) is 0. The first kappa shape index (κ1) is 15.4. The van der Waals surface area contributed by atoms with Crippen LogP contribution in [0.5, 0.6) is 0 Å². The smallest absolute Gasteiger partial charge is 0.323 e. The van der Waals surface area contributed by atoms with Crippen molar-refractivity contribution in [2.45, 2.75) is 64.5 Å². The van der Waals surface area contributed by atoms with Gasteiger partial charge in [-0.15, -0.1) is 0 Å². The third-order valence-corrected chi connectivity index (χ3v) is 4.13. The second-order valence-electron chi connectivity index (χ2n) is 5.30. The molecular weight excluding hydrogens is 228 g/mol. The van der Waals surface area contributed by atoms with E-state index >= 15 is 0 Å². The fraction of sp³-hybridized carbons (Fsp3) is 0.929. The maximum absolute atomic E-state index is 11.5. The predicted molar refractivity (Wildman–Crippen MR) is 73.8 cm³/mol. The van der Waals surface area contributed by atoms with Crippen LogP contribution in [0.2, 0.25) is 0 Å². The summed E-state index contributed by atoms with van der Waals surface area (Å²) in [6.07, 6.45) is 4.89. The molecule has 0 aromatic heterocycles. The third kappa shape index (κ3) is 3.45. The Morgan fingerprint density at radius 2 is 2.17 bits per heavy atom. The summed E-state index contributed by atoms with van der Waals surface area (Å²) in [5, 5.41) is 12.7. The molecule has 0 saturated heterocycles. The van der Waals surface area contributed by atoms with E-state index < -0.39 is 11.5 Å². The highest BCUT2D eigenvalue weighted by Gasteiger charge is 2.46. The lowest BCUT2D eigenvalue weighted by molar-refractivity contribution is -0.144. The molecule has 106 valence electrons. The SMILES string of the molecule is CCCCN(CC)C1CCC(NCC)(C(=O)O)C1. The van der Waals surface area contributed by atoms with Gasteiger partial charge in [0.15, 0.2) is 0 Å². The Morgan fingerprint density at radius 1 is 1.44 bits per heavy atom. The van der Waals surface area contributed by atoms with Crippen LogP contribution in [0.1, 0.15) is 52.9 Å². The van der Waals surface area contributed by atoms with Gasteiger partial charge in [0.05, 0.1) is 0 Å². The quantitative estimate of drug-likeness (QED) is 0.698. The zero-order valence-electron chi connectivity index (χ0n) is 12.0. The van der Waals surface area contributed by atoms with Crippen molar-refractivity contribution < 1.29 is 9.90 Å². The fourth-order valence-electron chi connectivity index (χ4n) is 3.06. The average Bonchev–Trinajstić information content (AvgIpc) is 2.76. The largest absolute Gasteiger partial charge is 0.480 e. The molecule has 1 aliphatic rings. The number of aliphatic carboxylic acids is 1. The monoisotopic (exact) mass is 256 g/mol. The number of hydrogen-bond acceptors (Lipinski definition) is 3. The number of carbonyl (C=O) groups is 1. The summed E-state index contributed by atoms with van der Waals surface area (Å²) in [6.45, 7) is 9.19. The van der Waals surface area contributed by atoms with Crippen molar-refractivity contribution in [3.05, 3.63) is 0 Å². The Labute approximate surface area is 111 Å². The lowest BCUT2D eigenvalue weighted by atomic mass is 9.97. The molecule has 2 unspecified atom stereocenters. The second-order valence-corrected chi connectivity index (χ2v) is 5.30. The van der Waals surface area contributed by atoms with E-state index in [1.807, 2.05) is 6.92 Å². The number of unbranched alkanes of at least 4 members (excludes halogenated alkanes) is 1. The predicted octanol–water partition coefficient (Wildman–Crippen LogP) is 2.09. The van der Waals surface area contributed by atoms with E-state index in [1.54, 1.807) is 0 Å². The van der Waals surface area contributed by atoms with Crippen LogP contribution in [0.25, 0.3) is 0 Å². The van der Waals surface area contributed by atoms with Gasteiger partial charge in [0.1, 0.15) is 5.54 Å². The first-order valence-electron chi connectivity index (χ1n) is 7.32. The Kier molecular flexibility index (Phi) is 6.09. The van der Waals surface area contributed by atoms with Crippen LogP contribution < -0.4 is 5.32 Å². The molecule has 0 aliphatic heterocycles. The normalized spacial score (nSPS) is 27.9. The van der Waals surface area contributed by atoms with E-state index in [-0.39, 0.29) is 0 Å². The fourth-order valence-corrected chi connectivity index (χ4v) is 3.06. The summed E-state index contributed by atoms with van der Waals surface area (Å²) in [6, 6.07) is 0.427. The van der Waals surface area contributed by atoms with Crippen LogP contribution in [0, 0.1) is 0 Å². The lowest BCUT2D eigenvalue weighted by Crippen LogP contribution is -2.51. The van der Waals surface area contributed by atoms with Crippen LogP contribution >= 0.6 is 0 Å². The van der Waals surface area contributed by atoms with E-state index in [0.717, 1.165) is 38.9 Å². The highest BCUT2D eigenvalue weighted by Crippen LogP contribution is 2.33. The summed E-state index contributed by atoms with van der Waals surface area (Å²) in [5.74, 6) is -0.682. The number of hydrogen-bond donors (Lipinski definition) is 2. The molecule has 0 bridgehead atoms. The van der Waals surface area contributed by atoms with Gasteiger partial charge < -0.3 is 15.3 Å². The van der Waals surface area contributed by atoms with Gasteiger partial charge in [0.2, 0.25) is 0 Å². The highest BCUT2D eigenvalue weighted by molar-refractivity contribution is 5.79. The lowest BCUT2D eigenvalue weighted by Gasteiger charge is -2.30. The van der Waals surface area contributed by atoms with Gasteiger partial charge in [-0.05, 0) is 45.3 Å². The van der Waals surface area contributed by atoms with Gasteiger partial charge in [-0.25, -0.2) is 0 Å². The zero-order chi connectivity index (χ0) is 13.6. The zero-order valence-corrected chi connectivity index (χ0v) is 12.0. The van der Waals surface area contributed by atoms with Crippen molar-refractivity contribution in [3.8, 4) is 0 Å². The number of likely N-dealkylation sites (N-methyl/N-ethyl adjacent to an activating group) is 1. The van der Waals surface area contributed by atoms with Gasteiger partial charge >= 0.3 is 5.97 Å². The van der Waals surface area contributed by atoms with E-state index in [0.29, 0.717) is 6.04 Å². The minimum Gasteiger partial charge on any atom is -0.480 e. The topological polar surface area (TPSA) is 52.6 Å². The van der Waals surface area contributed by atoms with E-state index in [9.17, 15) is 9.90 Å². The third-order valence-electron chi connectivity index (χ3n) is 4.13. The summed E-state index contributed by atoms with van der Waals surface area (Å²) < 4.78 is 0. The number of carboxylic acids is 1. The second kappa shape index (κ2) is 7.10. The summed E-state index contributed by atoms with van der Waals surface area (Å²) in [5.41, 5.74) is -0.681. The number of nitrogens with zero attached hydrogens (tertiary/aromatic N) is 1. The molecule has 0 amide bonds. The average molecular weight is 256 g/mol. The highest BCUT2D eigenvalue weighted by atomic mass is 16.4. The first-order chi connectivity index (χ1) is 8.59. The Morgan fingerprint density at radius 3 is 2.67 bits per heavy atom. The summed E-state index contributed by atoms with van der Waals surface area (Å²) in [4.78, 5) is 14.0. The minimum absolute atomic E-state index is 0.427. The molecule has 18 heavy (non-hydrogen) atoms. The van der Waals surface area contributed by atoms with Crippen molar-refractivity contribution in [1.82, 2.24) is 10.2 Å². The molecule has 2 atom stereocenters. The van der Waals surface area contributed by atoms with Crippen molar-refractivity contribution >= 4 is 5.97 Å². The molecule has 4 nitrogen and oxygen atoms in total. The molecular formula is C14H28N2O2. The number of carboxylic acid groups (broad SMARTS) is 1. The molecule has 0 spiro atoms. The first-order valence-corrected chi connectivity index (χ1v) is 7.32. The molecule has 0 aromatic carbocycles. The summed E-state index contributed by atoms with van der Waals surface area (Å²) >= 11 is 0. The van der Waals surface area contributed by atoms with Gasteiger partial charge in [-0.3, -0.25) is 4.79 Å². The molecule has 2 N–H and O–H groups in total. The van der Waals surface area contributed by atoms with Gasteiger partial charge in [0, 0.05) is 6.04 Å². The van der Waals surface area contributed by atoms with Crippen molar-refractivity contribution in [3.63, 3.8) is 0 Å². The van der Waals surface area contributed by atoms with Crippen LogP contribution in [0.4, 0.5) is 0 Å². The van der Waals surface area contributed by atoms with Crippen molar-refractivity contribution in [2.24, 2.45) is 0 Å². The van der Waals surface area contributed by atoms with Crippen LogP contribution in [0.15, 0.2) is 0 Å². The molecule has 4 heteroatoms. The van der Waals surface area contributed by atoms with Gasteiger partial charge in [0.25, 0.3) is 0 Å². The van der Waals surface area contributed by atoms with E-state index in [2.05, 4.69) is 24.1 Å². The Bertz CT molecular complexity index is 271. The molecule has 1 aliphatic carbocycles. The van der Waals surface area contributed by atoms with Crippen molar-refractivity contribution in [2.75, 3.05) is 19.6 Å². The number of rotatable bonds is 8. The molecule has 1 fully saturated rings. The standard InChI is InChI=1S/C14H28N2O2/c1-4-7-10-16(6-3)12-8-9-14(11-12,13(17)18)15-5-2/h12,15H,4-11H2,1-3H3,(H,17,18). The van der Waals surface area contributed by atoms with Crippen LogP contribution in [-0.2, 0) is 4.79 Å². The van der Waals surface area contributed by atoms with E-state index in [1.165, 1.54) is 12.8 Å². The van der Waals surface area contributed by atoms with E-state index in [4.69, 9.17) is 0 Å². The molecule has 1 saturated carbocycles. The van der Waals surface area contributed by atoms with Gasteiger partial charge in [-0.1, -0.05) is 27.2 Å². The van der Waals surface area contributed by atoms with Crippen LogP contribution in [-0.4, -0.2) is 47.2 Å². The van der Waals surface area contributed by atoms with Crippen LogP contribution in [0.3, 0.4) is 0 Å². The minimum atomic E-state index is -0.682. The molecule has 0 aromatic rings. The Balaban J connectivity index is 2.63. The molecule has 0 radical (unpaired) electrons. The van der Waals surface area contributed by atoms with Gasteiger partial charge in [-0.2, -0.15) is 0 Å².